The Morgan fingerprint density at radius 1 is 0.812 bits per heavy atom. The normalized spacial score (nSPS) is 12.4. The maximum Gasteiger partial charge on any atom is 0.104 e. The number of aliphatic hydroxyl groups excluding tert-OH is 1. The average molecular weight is 253 g/mol. The van der Waals surface area contributed by atoms with Gasteiger partial charge in [0.15, 0.2) is 0 Å². The molecule has 0 unspecified atom stereocenters. The van der Waals surface area contributed by atoms with Crippen LogP contribution in [-0.4, -0.2) is 5.11 Å². The summed E-state index contributed by atoms with van der Waals surface area (Å²) >= 11 is 11.8. The molecule has 0 saturated heterocycles. The van der Waals surface area contributed by atoms with Gasteiger partial charge >= 0.3 is 0 Å². The van der Waals surface area contributed by atoms with Gasteiger partial charge in [0.05, 0.1) is 0 Å². The molecule has 2 rings (SSSR count). The molecule has 16 heavy (non-hydrogen) atoms. The summed E-state index contributed by atoms with van der Waals surface area (Å²) in [4.78, 5) is 0. The maximum absolute atomic E-state index is 10.1. The Bertz CT molecular complexity index is 462. The molecule has 0 spiro atoms. The van der Waals surface area contributed by atoms with Gasteiger partial charge in [0.1, 0.15) is 6.10 Å². The van der Waals surface area contributed by atoms with Crippen molar-refractivity contribution < 1.29 is 5.11 Å². The lowest BCUT2D eigenvalue weighted by Gasteiger charge is -2.12. The monoisotopic (exact) mass is 252 g/mol. The molecule has 0 bridgehead atoms. The van der Waals surface area contributed by atoms with Crippen LogP contribution in [0.2, 0.25) is 10.0 Å². The molecule has 2 aromatic rings. The predicted molar refractivity (Wildman–Crippen MR) is 67.0 cm³/mol. The first-order valence-corrected chi connectivity index (χ1v) is 5.61. The molecule has 0 saturated carbocycles. The van der Waals surface area contributed by atoms with E-state index < -0.39 is 6.10 Å². The number of hydrogen-bond donors (Lipinski definition) is 1. The topological polar surface area (TPSA) is 20.2 Å². The molecule has 82 valence electrons. The van der Waals surface area contributed by atoms with Gasteiger partial charge in [-0.05, 0) is 29.3 Å². The van der Waals surface area contributed by atoms with E-state index in [9.17, 15) is 5.11 Å². The van der Waals surface area contributed by atoms with Crippen LogP contribution >= 0.6 is 23.2 Å². The van der Waals surface area contributed by atoms with Crippen molar-refractivity contribution in [3.05, 3.63) is 69.7 Å². The Labute approximate surface area is 104 Å². The van der Waals surface area contributed by atoms with Crippen LogP contribution in [0.15, 0.2) is 48.5 Å². The first-order chi connectivity index (χ1) is 7.66. The summed E-state index contributed by atoms with van der Waals surface area (Å²) < 4.78 is 0. The third-order valence-corrected chi connectivity index (χ3v) is 2.75. The average Bonchev–Trinajstić information content (AvgIpc) is 2.28. The summed E-state index contributed by atoms with van der Waals surface area (Å²) in [5.74, 6) is 0. The van der Waals surface area contributed by atoms with Gasteiger partial charge in [0.2, 0.25) is 0 Å². The summed E-state index contributed by atoms with van der Waals surface area (Å²) in [6.07, 6.45) is -0.697. The fourth-order valence-electron chi connectivity index (χ4n) is 1.56. The van der Waals surface area contributed by atoms with Crippen molar-refractivity contribution in [1.29, 1.82) is 0 Å². The molecule has 0 aliphatic rings. The molecule has 0 heterocycles. The SMILES string of the molecule is O[C@@H](c1ccccc1)c1cc(Cl)cc(Cl)c1. The summed E-state index contributed by atoms with van der Waals surface area (Å²) in [6, 6.07) is 14.5. The minimum Gasteiger partial charge on any atom is -0.384 e. The lowest BCUT2D eigenvalue weighted by Crippen LogP contribution is -1.99. The Balaban J connectivity index is 2.37. The molecule has 1 N–H and O–H groups in total. The minimum absolute atomic E-state index is 0.525. The summed E-state index contributed by atoms with van der Waals surface area (Å²) in [6.45, 7) is 0. The quantitative estimate of drug-likeness (QED) is 0.855. The highest BCUT2D eigenvalue weighted by Crippen LogP contribution is 2.27. The zero-order valence-corrected chi connectivity index (χ0v) is 9.91. The lowest BCUT2D eigenvalue weighted by atomic mass is 10.0. The van der Waals surface area contributed by atoms with Crippen molar-refractivity contribution in [3.63, 3.8) is 0 Å². The van der Waals surface area contributed by atoms with E-state index >= 15 is 0 Å². The van der Waals surface area contributed by atoms with Crippen molar-refractivity contribution in [2.45, 2.75) is 6.10 Å². The van der Waals surface area contributed by atoms with Crippen LogP contribution in [0.3, 0.4) is 0 Å². The van der Waals surface area contributed by atoms with Crippen molar-refractivity contribution >= 4 is 23.2 Å². The number of aliphatic hydroxyl groups is 1. The van der Waals surface area contributed by atoms with Crippen LogP contribution in [0.5, 0.6) is 0 Å². The van der Waals surface area contributed by atoms with Crippen LogP contribution in [-0.2, 0) is 0 Å². The van der Waals surface area contributed by atoms with E-state index in [4.69, 9.17) is 23.2 Å². The Kier molecular flexibility index (Phi) is 3.49. The van der Waals surface area contributed by atoms with Gasteiger partial charge in [0, 0.05) is 10.0 Å². The summed E-state index contributed by atoms with van der Waals surface area (Å²) in [5.41, 5.74) is 1.52. The Morgan fingerprint density at radius 2 is 1.38 bits per heavy atom. The Hall–Kier alpha value is -1.02. The van der Waals surface area contributed by atoms with E-state index in [2.05, 4.69) is 0 Å². The number of halogens is 2. The zero-order chi connectivity index (χ0) is 11.5. The Morgan fingerprint density at radius 3 is 1.94 bits per heavy atom. The molecule has 0 amide bonds. The number of benzene rings is 2. The van der Waals surface area contributed by atoms with E-state index in [0.29, 0.717) is 15.6 Å². The second-order valence-electron chi connectivity index (χ2n) is 3.52. The lowest BCUT2D eigenvalue weighted by molar-refractivity contribution is 0.220. The summed E-state index contributed by atoms with van der Waals surface area (Å²) in [5, 5.41) is 11.2. The molecule has 0 aliphatic heterocycles. The molecule has 0 aromatic heterocycles. The fraction of sp³-hybridized carbons (Fsp3) is 0.0769. The first kappa shape index (κ1) is 11.5. The molecule has 0 aliphatic carbocycles. The molecule has 1 atom stereocenters. The second-order valence-corrected chi connectivity index (χ2v) is 4.39. The van der Waals surface area contributed by atoms with E-state index in [1.54, 1.807) is 18.2 Å². The van der Waals surface area contributed by atoms with E-state index in [1.165, 1.54) is 0 Å². The minimum atomic E-state index is -0.697. The van der Waals surface area contributed by atoms with Crippen LogP contribution in [0.4, 0.5) is 0 Å². The van der Waals surface area contributed by atoms with E-state index in [0.717, 1.165) is 5.56 Å². The molecule has 0 fully saturated rings. The highest BCUT2D eigenvalue weighted by Gasteiger charge is 2.11. The van der Waals surface area contributed by atoms with Crippen LogP contribution < -0.4 is 0 Å². The van der Waals surface area contributed by atoms with Crippen LogP contribution in [0.25, 0.3) is 0 Å². The maximum atomic E-state index is 10.1. The van der Waals surface area contributed by atoms with Crippen molar-refractivity contribution in [1.82, 2.24) is 0 Å². The highest BCUT2D eigenvalue weighted by atomic mass is 35.5. The number of hydrogen-bond acceptors (Lipinski definition) is 1. The molecular weight excluding hydrogens is 243 g/mol. The zero-order valence-electron chi connectivity index (χ0n) is 8.40. The van der Waals surface area contributed by atoms with Gasteiger partial charge in [-0.15, -0.1) is 0 Å². The largest absolute Gasteiger partial charge is 0.384 e. The molecule has 1 nitrogen and oxygen atoms in total. The van der Waals surface area contributed by atoms with Crippen LogP contribution in [0.1, 0.15) is 17.2 Å². The van der Waals surface area contributed by atoms with Gasteiger partial charge in [-0.1, -0.05) is 53.5 Å². The first-order valence-electron chi connectivity index (χ1n) is 4.86. The third kappa shape index (κ3) is 2.56. The van der Waals surface area contributed by atoms with Gasteiger partial charge in [0.25, 0.3) is 0 Å². The standard InChI is InChI=1S/C13H10Cl2O/c14-11-6-10(7-12(15)8-11)13(16)9-4-2-1-3-5-9/h1-8,13,16H/t13-/m0/s1. The van der Waals surface area contributed by atoms with E-state index in [1.807, 2.05) is 30.3 Å². The van der Waals surface area contributed by atoms with Crippen molar-refractivity contribution in [2.75, 3.05) is 0 Å². The van der Waals surface area contributed by atoms with Gasteiger partial charge < -0.3 is 5.11 Å². The molecular formula is C13H10Cl2O. The summed E-state index contributed by atoms with van der Waals surface area (Å²) in [7, 11) is 0. The molecule has 3 heteroatoms. The van der Waals surface area contributed by atoms with E-state index in [-0.39, 0.29) is 0 Å². The van der Waals surface area contributed by atoms with Crippen molar-refractivity contribution in [2.24, 2.45) is 0 Å². The van der Waals surface area contributed by atoms with Crippen LogP contribution in [0, 0.1) is 0 Å². The molecule has 2 aromatic carbocycles. The number of rotatable bonds is 2. The second kappa shape index (κ2) is 4.88. The smallest absolute Gasteiger partial charge is 0.104 e. The van der Waals surface area contributed by atoms with Gasteiger partial charge in [-0.3, -0.25) is 0 Å². The third-order valence-electron chi connectivity index (χ3n) is 2.32. The molecule has 0 radical (unpaired) electrons. The highest BCUT2D eigenvalue weighted by molar-refractivity contribution is 6.34. The predicted octanol–water partition coefficient (Wildman–Crippen LogP) is 4.08. The van der Waals surface area contributed by atoms with Gasteiger partial charge in [-0.2, -0.15) is 0 Å². The van der Waals surface area contributed by atoms with Crippen molar-refractivity contribution in [3.8, 4) is 0 Å². The fourth-order valence-corrected chi connectivity index (χ4v) is 2.10. The van der Waals surface area contributed by atoms with Gasteiger partial charge in [-0.25, -0.2) is 0 Å².